The first kappa shape index (κ1) is 13.9. The molecule has 110 valence electrons. The van der Waals surface area contributed by atoms with Gasteiger partial charge in [-0.3, -0.25) is 0 Å². The lowest BCUT2D eigenvalue weighted by Crippen LogP contribution is -2.18. The van der Waals surface area contributed by atoms with Crippen molar-refractivity contribution in [3.05, 3.63) is 35.1 Å². The predicted molar refractivity (Wildman–Crippen MR) is 84.5 cm³/mol. The minimum absolute atomic E-state index is 0.160. The predicted octanol–water partition coefficient (Wildman–Crippen LogP) is 2.32. The first-order chi connectivity index (χ1) is 10.2. The van der Waals surface area contributed by atoms with Crippen LogP contribution < -0.4 is 16.0 Å². The van der Waals surface area contributed by atoms with Crippen molar-refractivity contribution in [1.82, 2.24) is 15.0 Å². The number of aromatic nitrogens is 3. The minimum Gasteiger partial charge on any atom is -0.368 e. The van der Waals surface area contributed by atoms with Crippen LogP contribution in [0.3, 0.4) is 0 Å². The summed E-state index contributed by atoms with van der Waals surface area (Å²) in [7, 11) is 0. The molecule has 1 fully saturated rings. The summed E-state index contributed by atoms with van der Waals surface area (Å²) in [6.07, 6.45) is 4.38. The van der Waals surface area contributed by atoms with E-state index in [0.717, 1.165) is 24.5 Å². The van der Waals surface area contributed by atoms with Gasteiger partial charge in [0.25, 0.3) is 0 Å². The Bertz CT molecular complexity index is 589. The molecule has 3 rings (SSSR count). The number of rotatable bonds is 4. The molecule has 1 saturated heterocycles. The first-order valence-electron chi connectivity index (χ1n) is 6.94. The number of nitrogens with one attached hydrogen (secondary N) is 1. The fourth-order valence-electron chi connectivity index (χ4n) is 2.37. The molecule has 0 aliphatic carbocycles. The van der Waals surface area contributed by atoms with Gasteiger partial charge in [0.15, 0.2) is 0 Å². The van der Waals surface area contributed by atoms with Crippen LogP contribution >= 0.6 is 11.6 Å². The second-order valence-corrected chi connectivity index (χ2v) is 5.39. The van der Waals surface area contributed by atoms with Crippen LogP contribution in [0, 0.1) is 0 Å². The summed E-state index contributed by atoms with van der Waals surface area (Å²) in [5, 5.41) is 3.49. The first-order valence-corrected chi connectivity index (χ1v) is 7.32. The standard InChI is InChI=1S/C14H17ClN6/c15-11-7-12(20-14(16)19-11)17-8-10-3-4-13(18-9-10)21-5-1-2-6-21/h3-4,7,9H,1-2,5-6,8H2,(H3,16,17,19,20). The van der Waals surface area contributed by atoms with Crippen molar-refractivity contribution in [2.75, 3.05) is 29.0 Å². The molecule has 1 aliphatic heterocycles. The van der Waals surface area contributed by atoms with Crippen molar-refractivity contribution < 1.29 is 0 Å². The number of hydrogen-bond acceptors (Lipinski definition) is 6. The number of nitrogens with two attached hydrogens (primary N) is 1. The number of nitrogens with zero attached hydrogens (tertiary/aromatic N) is 4. The smallest absolute Gasteiger partial charge is 0.223 e. The number of halogens is 1. The van der Waals surface area contributed by atoms with Gasteiger partial charge >= 0.3 is 0 Å². The molecule has 0 saturated carbocycles. The summed E-state index contributed by atoms with van der Waals surface area (Å²) >= 11 is 5.84. The molecule has 2 aromatic heterocycles. The molecule has 0 bridgehead atoms. The highest BCUT2D eigenvalue weighted by Crippen LogP contribution is 2.18. The Balaban J connectivity index is 1.62. The van der Waals surface area contributed by atoms with E-state index >= 15 is 0 Å². The highest BCUT2D eigenvalue weighted by Gasteiger charge is 2.12. The second kappa shape index (κ2) is 6.13. The monoisotopic (exact) mass is 304 g/mol. The SMILES string of the molecule is Nc1nc(Cl)cc(NCc2ccc(N3CCCC3)nc2)n1. The van der Waals surface area contributed by atoms with Crippen molar-refractivity contribution in [3.8, 4) is 0 Å². The van der Waals surface area contributed by atoms with Gasteiger partial charge in [0.1, 0.15) is 16.8 Å². The van der Waals surface area contributed by atoms with Crippen LogP contribution in [0.2, 0.25) is 5.15 Å². The van der Waals surface area contributed by atoms with Crippen molar-refractivity contribution >= 4 is 29.2 Å². The van der Waals surface area contributed by atoms with E-state index in [1.807, 2.05) is 6.20 Å². The Labute approximate surface area is 128 Å². The third-order valence-electron chi connectivity index (χ3n) is 3.42. The van der Waals surface area contributed by atoms with E-state index in [2.05, 4.69) is 37.3 Å². The van der Waals surface area contributed by atoms with Crippen LogP contribution in [0.5, 0.6) is 0 Å². The summed E-state index contributed by atoms with van der Waals surface area (Å²) in [4.78, 5) is 14.7. The lowest BCUT2D eigenvalue weighted by atomic mass is 10.2. The summed E-state index contributed by atoms with van der Waals surface area (Å²) in [6.45, 7) is 2.81. The Morgan fingerprint density at radius 2 is 2.05 bits per heavy atom. The Kier molecular flexibility index (Phi) is 4.06. The molecule has 6 nitrogen and oxygen atoms in total. The van der Waals surface area contributed by atoms with E-state index in [4.69, 9.17) is 17.3 Å². The van der Waals surface area contributed by atoms with Crippen LogP contribution in [0.25, 0.3) is 0 Å². The zero-order valence-electron chi connectivity index (χ0n) is 11.6. The lowest BCUT2D eigenvalue weighted by Gasteiger charge is -2.16. The highest BCUT2D eigenvalue weighted by molar-refractivity contribution is 6.29. The fourth-order valence-corrected chi connectivity index (χ4v) is 2.56. The van der Waals surface area contributed by atoms with Crippen molar-refractivity contribution in [3.63, 3.8) is 0 Å². The van der Waals surface area contributed by atoms with Gasteiger partial charge in [0, 0.05) is 31.9 Å². The molecule has 1 aliphatic rings. The molecule has 0 atom stereocenters. The average Bonchev–Trinajstić information content (AvgIpc) is 2.99. The Morgan fingerprint density at radius 3 is 2.71 bits per heavy atom. The zero-order valence-corrected chi connectivity index (χ0v) is 12.3. The maximum absolute atomic E-state index is 5.84. The van der Waals surface area contributed by atoms with Gasteiger partial charge in [-0.1, -0.05) is 17.7 Å². The number of hydrogen-bond donors (Lipinski definition) is 2. The normalized spacial score (nSPS) is 14.4. The molecule has 7 heteroatoms. The molecule has 3 heterocycles. The van der Waals surface area contributed by atoms with Gasteiger partial charge < -0.3 is 16.0 Å². The molecule has 0 radical (unpaired) electrons. The molecular formula is C14H17ClN6. The molecule has 3 N–H and O–H groups in total. The third-order valence-corrected chi connectivity index (χ3v) is 3.62. The van der Waals surface area contributed by atoms with Crippen molar-refractivity contribution in [2.24, 2.45) is 0 Å². The van der Waals surface area contributed by atoms with Crippen LogP contribution in [0.4, 0.5) is 17.6 Å². The zero-order chi connectivity index (χ0) is 14.7. The van der Waals surface area contributed by atoms with Gasteiger partial charge in [-0.25, -0.2) is 9.97 Å². The van der Waals surface area contributed by atoms with Gasteiger partial charge in [-0.15, -0.1) is 0 Å². The lowest BCUT2D eigenvalue weighted by molar-refractivity contribution is 0.931. The molecule has 0 unspecified atom stereocenters. The van der Waals surface area contributed by atoms with Gasteiger partial charge in [-0.2, -0.15) is 4.98 Å². The summed E-state index contributed by atoms with van der Waals surface area (Å²) in [5.74, 6) is 1.81. The highest BCUT2D eigenvalue weighted by atomic mass is 35.5. The van der Waals surface area contributed by atoms with Gasteiger partial charge in [-0.05, 0) is 24.5 Å². The average molecular weight is 305 g/mol. The van der Waals surface area contributed by atoms with Crippen LogP contribution in [0.1, 0.15) is 18.4 Å². The second-order valence-electron chi connectivity index (χ2n) is 5.01. The fraction of sp³-hybridized carbons (Fsp3) is 0.357. The van der Waals surface area contributed by atoms with E-state index in [1.165, 1.54) is 12.8 Å². The topological polar surface area (TPSA) is 80.0 Å². The minimum atomic E-state index is 0.160. The van der Waals surface area contributed by atoms with Gasteiger partial charge in [0.2, 0.25) is 5.95 Å². The maximum Gasteiger partial charge on any atom is 0.223 e. The Hall–Kier alpha value is -2.08. The quantitative estimate of drug-likeness (QED) is 0.844. The van der Waals surface area contributed by atoms with Crippen LogP contribution in [0.15, 0.2) is 24.4 Å². The molecular weight excluding hydrogens is 288 g/mol. The maximum atomic E-state index is 5.84. The van der Waals surface area contributed by atoms with E-state index in [9.17, 15) is 0 Å². The molecule has 0 aromatic carbocycles. The van der Waals surface area contributed by atoms with E-state index < -0.39 is 0 Å². The molecule has 0 spiro atoms. The number of nitrogen functional groups attached to an aromatic ring is 1. The number of pyridine rings is 1. The van der Waals surface area contributed by atoms with E-state index in [0.29, 0.717) is 17.5 Å². The molecule has 0 amide bonds. The van der Waals surface area contributed by atoms with Crippen LogP contribution in [-0.2, 0) is 6.54 Å². The molecule has 21 heavy (non-hydrogen) atoms. The van der Waals surface area contributed by atoms with Crippen molar-refractivity contribution in [2.45, 2.75) is 19.4 Å². The van der Waals surface area contributed by atoms with Crippen molar-refractivity contribution in [1.29, 1.82) is 0 Å². The Morgan fingerprint density at radius 1 is 1.24 bits per heavy atom. The summed E-state index contributed by atoms with van der Waals surface area (Å²) < 4.78 is 0. The van der Waals surface area contributed by atoms with Gasteiger partial charge in [0.05, 0.1) is 0 Å². The summed E-state index contributed by atoms with van der Waals surface area (Å²) in [5.41, 5.74) is 6.63. The number of anilines is 3. The molecule has 2 aromatic rings. The van der Waals surface area contributed by atoms with E-state index in [-0.39, 0.29) is 5.95 Å². The van der Waals surface area contributed by atoms with Crippen LogP contribution in [-0.4, -0.2) is 28.0 Å². The summed E-state index contributed by atoms with van der Waals surface area (Å²) in [6, 6.07) is 5.77. The largest absolute Gasteiger partial charge is 0.368 e. The van der Waals surface area contributed by atoms with E-state index in [1.54, 1.807) is 6.07 Å². The third kappa shape index (κ3) is 3.52.